The van der Waals surface area contributed by atoms with Crippen LogP contribution in [-0.4, -0.2) is 49.5 Å². The highest BCUT2D eigenvalue weighted by molar-refractivity contribution is 4.61. The molecule has 3 heteroatoms. The number of unbranched alkanes of at least 4 members (excludes halogenated alkanes) is 2. The van der Waals surface area contributed by atoms with E-state index in [-0.39, 0.29) is 12.2 Å². The van der Waals surface area contributed by atoms with E-state index in [1.165, 1.54) is 12.8 Å². The molecule has 2 atom stereocenters. The first-order valence-electron chi connectivity index (χ1n) is 7.00. The zero-order valence-corrected chi connectivity index (χ0v) is 12.1. The third kappa shape index (κ3) is 12.1. The molecule has 0 aromatic rings. The molecule has 0 fully saturated rings. The van der Waals surface area contributed by atoms with Gasteiger partial charge in [0.05, 0.1) is 12.2 Å². The highest BCUT2D eigenvalue weighted by Gasteiger charge is 2.08. The van der Waals surface area contributed by atoms with Crippen molar-refractivity contribution in [1.29, 1.82) is 0 Å². The summed E-state index contributed by atoms with van der Waals surface area (Å²) in [6.45, 7) is 6.12. The average molecular weight is 245 g/mol. The summed E-state index contributed by atoms with van der Waals surface area (Å²) in [4.78, 5) is 2.11. The Kier molecular flexibility index (Phi) is 10.9. The van der Waals surface area contributed by atoms with Gasteiger partial charge in [-0.05, 0) is 53.2 Å². The van der Waals surface area contributed by atoms with Crippen LogP contribution in [0.5, 0.6) is 0 Å². The summed E-state index contributed by atoms with van der Waals surface area (Å²) in [6.07, 6.45) is 6.40. The van der Waals surface area contributed by atoms with Crippen molar-refractivity contribution in [1.82, 2.24) is 4.90 Å². The fourth-order valence-electron chi connectivity index (χ4n) is 1.70. The maximum absolute atomic E-state index is 9.77. The standard InChI is InChI=1S/C14H31NO2/c1-5-6-7-12-17-13(2)8-9-14(16)10-11-15(3)4/h13-14,16H,5-12H2,1-4H3. The molecule has 0 rings (SSSR count). The van der Waals surface area contributed by atoms with Crippen LogP contribution in [0.25, 0.3) is 0 Å². The van der Waals surface area contributed by atoms with E-state index in [2.05, 4.69) is 18.7 Å². The predicted molar refractivity (Wildman–Crippen MR) is 73.4 cm³/mol. The number of ether oxygens (including phenoxy) is 1. The third-order valence-corrected chi connectivity index (χ3v) is 2.97. The molecule has 0 amide bonds. The van der Waals surface area contributed by atoms with Crippen molar-refractivity contribution < 1.29 is 9.84 Å². The van der Waals surface area contributed by atoms with Crippen molar-refractivity contribution >= 4 is 0 Å². The van der Waals surface area contributed by atoms with Crippen LogP contribution < -0.4 is 0 Å². The highest BCUT2D eigenvalue weighted by atomic mass is 16.5. The quantitative estimate of drug-likeness (QED) is 0.568. The molecule has 0 saturated carbocycles. The van der Waals surface area contributed by atoms with Gasteiger partial charge in [-0.2, -0.15) is 0 Å². The minimum absolute atomic E-state index is 0.181. The van der Waals surface area contributed by atoms with E-state index in [0.717, 1.165) is 38.8 Å². The molecule has 0 bridgehead atoms. The van der Waals surface area contributed by atoms with Gasteiger partial charge in [-0.15, -0.1) is 0 Å². The van der Waals surface area contributed by atoms with Crippen LogP contribution in [0.2, 0.25) is 0 Å². The maximum Gasteiger partial charge on any atom is 0.0553 e. The van der Waals surface area contributed by atoms with Gasteiger partial charge in [-0.1, -0.05) is 19.8 Å². The predicted octanol–water partition coefficient (Wildman–Crippen LogP) is 2.67. The first kappa shape index (κ1) is 16.9. The monoisotopic (exact) mass is 245 g/mol. The van der Waals surface area contributed by atoms with Crippen molar-refractivity contribution in [2.24, 2.45) is 0 Å². The average Bonchev–Trinajstić information content (AvgIpc) is 2.29. The Labute approximate surface area is 107 Å². The Balaban J connectivity index is 3.38. The van der Waals surface area contributed by atoms with Crippen molar-refractivity contribution in [2.45, 2.75) is 64.6 Å². The zero-order valence-electron chi connectivity index (χ0n) is 12.1. The molecular weight excluding hydrogens is 214 g/mol. The van der Waals surface area contributed by atoms with Crippen molar-refractivity contribution in [2.75, 3.05) is 27.2 Å². The molecule has 0 heterocycles. The van der Waals surface area contributed by atoms with Crippen molar-refractivity contribution in [3.05, 3.63) is 0 Å². The minimum atomic E-state index is -0.181. The van der Waals surface area contributed by atoms with E-state index in [4.69, 9.17) is 4.74 Å². The van der Waals surface area contributed by atoms with E-state index in [1.54, 1.807) is 0 Å². The van der Waals surface area contributed by atoms with Gasteiger partial charge in [0, 0.05) is 6.61 Å². The number of rotatable bonds is 11. The lowest BCUT2D eigenvalue weighted by Gasteiger charge is -2.17. The molecule has 0 aliphatic heterocycles. The van der Waals surface area contributed by atoms with Gasteiger partial charge in [0.2, 0.25) is 0 Å². The Hall–Kier alpha value is -0.120. The molecule has 0 saturated heterocycles. The molecule has 3 nitrogen and oxygen atoms in total. The first-order valence-corrected chi connectivity index (χ1v) is 7.00. The molecule has 1 N–H and O–H groups in total. The normalized spacial score (nSPS) is 15.2. The van der Waals surface area contributed by atoms with Crippen LogP contribution in [0.1, 0.15) is 52.4 Å². The van der Waals surface area contributed by atoms with Gasteiger partial charge in [0.25, 0.3) is 0 Å². The van der Waals surface area contributed by atoms with Crippen LogP contribution in [0, 0.1) is 0 Å². The summed E-state index contributed by atoms with van der Waals surface area (Å²) in [5, 5.41) is 9.77. The number of hydrogen-bond donors (Lipinski definition) is 1. The van der Waals surface area contributed by atoms with Crippen LogP contribution in [0.4, 0.5) is 0 Å². The van der Waals surface area contributed by atoms with Crippen molar-refractivity contribution in [3.63, 3.8) is 0 Å². The van der Waals surface area contributed by atoms with Gasteiger partial charge in [0.1, 0.15) is 0 Å². The minimum Gasteiger partial charge on any atom is -0.393 e. The molecule has 0 aromatic heterocycles. The van der Waals surface area contributed by atoms with E-state index >= 15 is 0 Å². The van der Waals surface area contributed by atoms with Gasteiger partial charge >= 0.3 is 0 Å². The maximum atomic E-state index is 9.77. The van der Waals surface area contributed by atoms with E-state index < -0.39 is 0 Å². The van der Waals surface area contributed by atoms with Gasteiger partial charge in [-0.25, -0.2) is 0 Å². The SMILES string of the molecule is CCCCCOC(C)CCC(O)CCN(C)C. The van der Waals surface area contributed by atoms with Crippen LogP contribution in [-0.2, 0) is 4.74 Å². The molecule has 17 heavy (non-hydrogen) atoms. The third-order valence-electron chi connectivity index (χ3n) is 2.97. The number of nitrogens with zero attached hydrogens (tertiary/aromatic N) is 1. The number of aliphatic hydroxyl groups is 1. The lowest BCUT2D eigenvalue weighted by Crippen LogP contribution is -2.21. The fraction of sp³-hybridized carbons (Fsp3) is 1.00. The topological polar surface area (TPSA) is 32.7 Å². The Morgan fingerprint density at radius 1 is 1.12 bits per heavy atom. The Bertz CT molecular complexity index is 162. The molecule has 0 aliphatic carbocycles. The summed E-state index contributed by atoms with van der Waals surface area (Å²) >= 11 is 0. The molecule has 0 radical (unpaired) electrons. The van der Waals surface area contributed by atoms with Crippen LogP contribution in [0.15, 0.2) is 0 Å². The second-order valence-electron chi connectivity index (χ2n) is 5.21. The van der Waals surface area contributed by atoms with Crippen LogP contribution >= 0.6 is 0 Å². The summed E-state index contributed by atoms with van der Waals surface area (Å²) in [5.74, 6) is 0. The number of aliphatic hydroxyl groups excluding tert-OH is 1. The molecular formula is C14H31NO2. The van der Waals surface area contributed by atoms with Gasteiger partial charge in [0.15, 0.2) is 0 Å². The van der Waals surface area contributed by atoms with E-state index in [1.807, 2.05) is 14.1 Å². The van der Waals surface area contributed by atoms with Gasteiger partial charge < -0.3 is 14.7 Å². The summed E-state index contributed by atoms with van der Waals surface area (Å²) in [7, 11) is 4.07. The lowest BCUT2D eigenvalue weighted by atomic mass is 10.1. The first-order chi connectivity index (χ1) is 8.06. The summed E-state index contributed by atoms with van der Waals surface area (Å²) in [6, 6.07) is 0. The Morgan fingerprint density at radius 2 is 1.82 bits per heavy atom. The Morgan fingerprint density at radius 3 is 2.41 bits per heavy atom. The summed E-state index contributed by atoms with van der Waals surface area (Å²) < 4.78 is 5.70. The second-order valence-corrected chi connectivity index (χ2v) is 5.21. The molecule has 0 aliphatic rings. The highest BCUT2D eigenvalue weighted by Crippen LogP contribution is 2.08. The summed E-state index contributed by atoms with van der Waals surface area (Å²) in [5.41, 5.74) is 0. The smallest absolute Gasteiger partial charge is 0.0553 e. The fourth-order valence-corrected chi connectivity index (χ4v) is 1.70. The second kappa shape index (κ2) is 11.0. The largest absolute Gasteiger partial charge is 0.393 e. The van der Waals surface area contributed by atoms with Crippen molar-refractivity contribution in [3.8, 4) is 0 Å². The molecule has 0 spiro atoms. The van der Waals surface area contributed by atoms with E-state index in [0.29, 0.717) is 0 Å². The van der Waals surface area contributed by atoms with Gasteiger partial charge in [-0.3, -0.25) is 0 Å². The zero-order chi connectivity index (χ0) is 13.1. The van der Waals surface area contributed by atoms with E-state index in [9.17, 15) is 5.11 Å². The lowest BCUT2D eigenvalue weighted by molar-refractivity contribution is 0.0424. The van der Waals surface area contributed by atoms with Crippen LogP contribution in [0.3, 0.4) is 0 Å². The number of hydrogen-bond acceptors (Lipinski definition) is 3. The molecule has 104 valence electrons. The molecule has 0 aromatic carbocycles. The molecule has 2 unspecified atom stereocenters.